The summed E-state index contributed by atoms with van der Waals surface area (Å²) in [6.45, 7) is 3.50. The van der Waals surface area contributed by atoms with Crippen molar-refractivity contribution >= 4 is 40.2 Å². The third-order valence-corrected chi connectivity index (χ3v) is 5.50. The molecule has 0 saturated heterocycles. The molecule has 1 unspecified atom stereocenters. The van der Waals surface area contributed by atoms with Crippen molar-refractivity contribution in [2.75, 3.05) is 12.3 Å². The molecule has 5 nitrogen and oxygen atoms in total. The predicted octanol–water partition coefficient (Wildman–Crippen LogP) is 1.84. The molecule has 3 N–H and O–H groups in total. The van der Waals surface area contributed by atoms with E-state index in [1.54, 1.807) is 18.2 Å². The second-order valence-corrected chi connectivity index (χ2v) is 8.05. The van der Waals surface area contributed by atoms with E-state index in [0.29, 0.717) is 28.3 Å². The lowest BCUT2D eigenvalue weighted by Crippen LogP contribution is -3.00. The molecule has 3 aromatic rings. The maximum absolute atomic E-state index is 10.6. The number of nitrogens with zero attached hydrogens (tertiary/aromatic N) is 2. The second-order valence-electron chi connectivity index (χ2n) is 7.21. The largest absolute Gasteiger partial charge is 1.00 e. The maximum Gasteiger partial charge on any atom is 0.356 e. The number of unbranched alkanes of at least 4 members (excludes halogenated alkanes) is 3. The third kappa shape index (κ3) is 5.94. The number of hydrogen-bond acceptors (Lipinski definition) is 3. The summed E-state index contributed by atoms with van der Waals surface area (Å²) in [5.74, 6) is 1.14. The molecule has 1 heterocycles. The highest BCUT2D eigenvalue weighted by Gasteiger charge is 2.23. The molecule has 2 aromatic carbocycles. The van der Waals surface area contributed by atoms with E-state index in [2.05, 4.69) is 17.6 Å². The lowest BCUT2D eigenvalue weighted by molar-refractivity contribution is -0.665. The highest BCUT2D eigenvalue weighted by atomic mass is 35.5. The predicted molar refractivity (Wildman–Crippen MR) is 119 cm³/mol. The van der Waals surface area contributed by atoms with Crippen molar-refractivity contribution in [3.63, 3.8) is 0 Å². The van der Waals surface area contributed by atoms with Crippen LogP contribution in [0.15, 0.2) is 42.5 Å². The van der Waals surface area contributed by atoms with Crippen LogP contribution >= 0.6 is 23.2 Å². The van der Waals surface area contributed by atoms with Crippen LogP contribution in [-0.4, -0.2) is 22.4 Å². The van der Waals surface area contributed by atoms with Gasteiger partial charge in [-0.25, -0.2) is 9.13 Å². The quantitative estimate of drug-likeness (QED) is 0.350. The molecular weight excluding hydrogens is 445 g/mol. The van der Waals surface area contributed by atoms with Gasteiger partial charge >= 0.3 is 5.95 Å². The van der Waals surface area contributed by atoms with Crippen molar-refractivity contribution in [3.8, 4) is 5.75 Å². The number of aryl methyl sites for hydroxylation is 1. The molecule has 164 valence electrons. The molecule has 0 spiro atoms. The van der Waals surface area contributed by atoms with Crippen LogP contribution in [-0.2, 0) is 13.1 Å². The number of hydrogen-bond donors (Lipinski definition) is 2. The van der Waals surface area contributed by atoms with Crippen molar-refractivity contribution < 1.29 is 26.8 Å². The zero-order valence-corrected chi connectivity index (χ0v) is 19.3. The number of aliphatic hydroxyl groups excluding tert-OH is 1. The molecule has 0 saturated carbocycles. The van der Waals surface area contributed by atoms with Crippen LogP contribution < -0.4 is 27.4 Å². The number of halogens is 3. The molecule has 0 bridgehead atoms. The number of ether oxygens (including phenoxy) is 1. The molecule has 8 heteroatoms. The van der Waals surface area contributed by atoms with Gasteiger partial charge in [-0.15, -0.1) is 0 Å². The Morgan fingerprint density at radius 3 is 2.63 bits per heavy atom. The van der Waals surface area contributed by atoms with Crippen molar-refractivity contribution in [1.82, 2.24) is 4.57 Å². The summed E-state index contributed by atoms with van der Waals surface area (Å²) >= 11 is 12.0. The van der Waals surface area contributed by atoms with E-state index >= 15 is 0 Å². The Labute approximate surface area is 193 Å². The van der Waals surface area contributed by atoms with Crippen molar-refractivity contribution in [2.24, 2.45) is 0 Å². The zero-order valence-electron chi connectivity index (χ0n) is 17.0. The van der Waals surface area contributed by atoms with E-state index < -0.39 is 6.10 Å². The van der Waals surface area contributed by atoms with Gasteiger partial charge in [0.25, 0.3) is 0 Å². The molecule has 1 aromatic heterocycles. The van der Waals surface area contributed by atoms with E-state index in [-0.39, 0.29) is 19.0 Å². The van der Waals surface area contributed by atoms with Crippen molar-refractivity contribution in [2.45, 2.75) is 51.8 Å². The standard InChI is InChI=1S/C22H27Cl2N3O2.ClH/c1-2-3-4-7-12-26-19-8-5-6-9-20(19)27(22(26)25)14-17(28)15-29-21-11-10-16(23)13-18(21)24;/h5-6,8-11,13,17,25,28H,2-4,7,12,14-15H2,1H3;1H. The van der Waals surface area contributed by atoms with Gasteiger partial charge in [0.2, 0.25) is 0 Å². The van der Waals surface area contributed by atoms with Gasteiger partial charge in [-0.1, -0.05) is 61.5 Å². The monoisotopic (exact) mass is 471 g/mol. The minimum absolute atomic E-state index is 0. The smallest absolute Gasteiger partial charge is 0.356 e. The fraction of sp³-hybridized carbons (Fsp3) is 0.409. The Kier molecular flexibility index (Phi) is 9.56. The Morgan fingerprint density at radius 2 is 1.90 bits per heavy atom. The first kappa shape index (κ1) is 24.6. The number of benzene rings is 2. The Bertz CT molecular complexity index is 962. The Hall–Kier alpha value is -1.66. The summed E-state index contributed by atoms with van der Waals surface area (Å²) in [5, 5.41) is 11.5. The fourth-order valence-electron chi connectivity index (χ4n) is 3.48. The maximum atomic E-state index is 10.6. The zero-order chi connectivity index (χ0) is 20.8. The minimum atomic E-state index is -0.742. The number of aliphatic hydroxyl groups is 1. The average Bonchev–Trinajstić information content (AvgIpc) is 2.96. The van der Waals surface area contributed by atoms with Crippen LogP contribution in [0.2, 0.25) is 10.0 Å². The number of imidazole rings is 1. The number of anilines is 1. The first-order valence-electron chi connectivity index (χ1n) is 10.0. The van der Waals surface area contributed by atoms with Gasteiger partial charge in [0.15, 0.2) is 0 Å². The molecule has 1 atom stereocenters. The van der Waals surface area contributed by atoms with Crippen molar-refractivity contribution in [3.05, 3.63) is 52.5 Å². The lowest BCUT2D eigenvalue weighted by atomic mass is 10.2. The third-order valence-electron chi connectivity index (χ3n) is 4.97. The van der Waals surface area contributed by atoms with Crippen LogP contribution in [0, 0.1) is 0 Å². The van der Waals surface area contributed by atoms with Gasteiger partial charge in [0.05, 0.1) is 11.6 Å². The average molecular weight is 473 g/mol. The Morgan fingerprint density at radius 1 is 1.13 bits per heavy atom. The van der Waals surface area contributed by atoms with Gasteiger partial charge in [0.1, 0.15) is 36.0 Å². The summed E-state index contributed by atoms with van der Waals surface area (Å²) in [7, 11) is 0. The summed E-state index contributed by atoms with van der Waals surface area (Å²) in [5.41, 5.74) is 8.55. The van der Waals surface area contributed by atoms with E-state index in [1.807, 2.05) is 22.8 Å². The number of fused-ring (bicyclic) bond motifs is 1. The molecule has 0 radical (unpaired) electrons. The number of para-hydroxylation sites is 2. The number of rotatable bonds is 10. The fourth-order valence-corrected chi connectivity index (χ4v) is 3.94. The van der Waals surface area contributed by atoms with Gasteiger partial charge in [-0.2, -0.15) is 0 Å². The first-order chi connectivity index (χ1) is 14.0. The summed E-state index contributed by atoms with van der Waals surface area (Å²) < 4.78 is 9.76. The molecular formula is C22H28Cl3N3O2. The summed E-state index contributed by atoms with van der Waals surface area (Å²) in [4.78, 5) is 0. The SMILES string of the molecule is CCCCCCn1c(N)[n+](CC(O)COc2ccc(Cl)cc2Cl)c2ccccc21.[Cl-]. The van der Waals surface area contributed by atoms with Crippen LogP contribution in [0.1, 0.15) is 32.6 Å². The highest BCUT2D eigenvalue weighted by Crippen LogP contribution is 2.27. The summed E-state index contributed by atoms with van der Waals surface area (Å²) in [6, 6.07) is 13.1. The number of nitrogens with two attached hydrogens (primary N) is 1. The van der Waals surface area contributed by atoms with Crippen LogP contribution in [0.3, 0.4) is 0 Å². The van der Waals surface area contributed by atoms with E-state index in [4.69, 9.17) is 33.7 Å². The molecule has 0 aliphatic heterocycles. The van der Waals surface area contributed by atoms with Gasteiger partial charge in [-0.05, 0) is 36.8 Å². The normalized spacial score (nSPS) is 12.0. The molecule has 0 aliphatic carbocycles. The highest BCUT2D eigenvalue weighted by molar-refractivity contribution is 6.35. The molecule has 3 rings (SSSR count). The van der Waals surface area contributed by atoms with Gasteiger partial charge in [-0.3, -0.25) is 5.73 Å². The molecule has 0 amide bonds. The molecule has 0 aliphatic rings. The first-order valence-corrected chi connectivity index (χ1v) is 10.8. The van der Waals surface area contributed by atoms with Crippen LogP contribution in [0.5, 0.6) is 5.75 Å². The lowest BCUT2D eigenvalue weighted by Gasteiger charge is -2.13. The second kappa shape index (κ2) is 11.7. The van der Waals surface area contributed by atoms with E-state index in [0.717, 1.165) is 24.0 Å². The van der Waals surface area contributed by atoms with Crippen molar-refractivity contribution in [1.29, 1.82) is 0 Å². The number of nitrogen functional groups attached to an aromatic ring is 1. The van der Waals surface area contributed by atoms with E-state index in [9.17, 15) is 5.11 Å². The van der Waals surface area contributed by atoms with Crippen LogP contribution in [0.4, 0.5) is 5.95 Å². The molecule has 0 fully saturated rings. The van der Waals surface area contributed by atoms with Gasteiger partial charge < -0.3 is 22.3 Å². The summed E-state index contributed by atoms with van der Waals surface area (Å²) in [6.07, 6.45) is 3.94. The number of aromatic nitrogens is 2. The van der Waals surface area contributed by atoms with Gasteiger partial charge in [0, 0.05) is 5.02 Å². The molecule has 30 heavy (non-hydrogen) atoms. The van der Waals surface area contributed by atoms with Crippen LogP contribution in [0.25, 0.3) is 11.0 Å². The topological polar surface area (TPSA) is 64.3 Å². The van der Waals surface area contributed by atoms with E-state index in [1.165, 1.54) is 19.3 Å². The Balaban J connectivity index is 0.00000320. The minimum Gasteiger partial charge on any atom is -1.00 e.